The van der Waals surface area contributed by atoms with Crippen molar-refractivity contribution in [1.29, 1.82) is 0 Å². The Kier molecular flexibility index (Phi) is 8.21. The summed E-state index contributed by atoms with van der Waals surface area (Å²) in [4.78, 5) is 32.1. The van der Waals surface area contributed by atoms with Crippen molar-refractivity contribution in [2.75, 3.05) is 16.4 Å². The molecule has 44 heavy (non-hydrogen) atoms. The minimum atomic E-state index is -0.278. The number of carbonyl (C=O) groups excluding carboxylic acids is 2. The van der Waals surface area contributed by atoms with Gasteiger partial charge in [-0.3, -0.25) is 9.59 Å². The molecule has 0 unspecified atom stereocenters. The Labute approximate surface area is 259 Å². The van der Waals surface area contributed by atoms with Crippen molar-refractivity contribution in [3.05, 3.63) is 137 Å². The normalized spacial score (nSPS) is 16.0. The molecule has 0 radical (unpaired) electrons. The van der Waals surface area contributed by atoms with Crippen LogP contribution < -0.4 is 14.5 Å². The van der Waals surface area contributed by atoms with Crippen LogP contribution in [0.1, 0.15) is 58.9 Å². The second-order valence-electron chi connectivity index (χ2n) is 11.7. The van der Waals surface area contributed by atoms with Crippen molar-refractivity contribution < 1.29 is 14.3 Å². The summed E-state index contributed by atoms with van der Waals surface area (Å²) in [5, 5.41) is 2.18. The second kappa shape index (κ2) is 12.4. The van der Waals surface area contributed by atoms with Crippen molar-refractivity contribution in [1.82, 2.24) is 0 Å². The van der Waals surface area contributed by atoms with Gasteiger partial charge in [0.25, 0.3) is 11.8 Å². The smallest absolute Gasteiger partial charge is 0.265 e. The number of rotatable bonds is 7. The van der Waals surface area contributed by atoms with Gasteiger partial charge in [-0.05, 0) is 97.0 Å². The molecule has 5 aromatic rings. The Morgan fingerprint density at radius 3 is 2.27 bits per heavy atom. The number of nitrogens with zero attached hydrogens (tertiary/aromatic N) is 2. The van der Waals surface area contributed by atoms with Crippen molar-refractivity contribution in [3.8, 4) is 5.75 Å². The van der Waals surface area contributed by atoms with Crippen molar-refractivity contribution in [3.63, 3.8) is 0 Å². The number of fused-ring (bicyclic) bond motifs is 2. The predicted molar refractivity (Wildman–Crippen MR) is 179 cm³/mol. The zero-order valence-electron chi connectivity index (χ0n) is 25.8. The monoisotopic (exact) mass is 582 g/mol. The van der Waals surface area contributed by atoms with E-state index < -0.39 is 0 Å². The first-order valence-corrected chi connectivity index (χ1v) is 15.4. The molecular formula is C39H38N2O3. The van der Waals surface area contributed by atoms with Gasteiger partial charge in [-0.25, -0.2) is 0 Å². The molecule has 0 fully saturated rings. The highest BCUT2D eigenvalue weighted by molar-refractivity contribution is 6.08. The maximum Gasteiger partial charge on any atom is 0.265 e. The van der Waals surface area contributed by atoms with E-state index in [0.29, 0.717) is 17.7 Å². The van der Waals surface area contributed by atoms with Crippen LogP contribution in [0.4, 0.5) is 11.4 Å². The fraction of sp³-hybridized carbons (Fsp3) is 0.231. The van der Waals surface area contributed by atoms with E-state index in [-0.39, 0.29) is 30.5 Å². The highest BCUT2D eigenvalue weighted by Gasteiger charge is 2.40. The fourth-order valence-electron chi connectivity index (χ4n) is 6.41. The average molecular weight is 583 g/mol. The van der Waals surface area contributed by atoms with Crippen molar-refractivity contribution in [2.24, 2.45) is 0 Å². The minimum Gasteiger partial charge on any atom is -0.484 e. The summed E-state index contributed by atoms with van der Waals surface area (Å²) in [5.74, 6) is 0.496. The van der Waals surface area contributed by atoms with Crippen LogP contribution in [-0.4, -0.2) is 24.5 Å². The summed E-state index contributed by atoms with van der Waals surface area (Å²) in [6, 6.07) is 35.5. The third kappa shape index (κ3) is 5.58. The van der Waals surface area contributed by atoms with E-state index >= 15 is 0 Å². The van der Waals surface area contributed by atoms with Crippen LogP contribution in [-0.2, 0) is 11.2 Å². The average Bonchev–Trinajstić information content (AvgIpc) is 3.05. The zero-order valence-corrected chi connectivity index (χ0v) is 25.8. The van der Waals surface area contributed by atoms with Gasteiger partial charge in [-0.1, -0.05) is 85.8 Å². The van der Waals surface area contributed by atoms with Gasteiger partial charge in [0.1, 0.15) is 5.75 Å². The van der Waals surface area contributed by atoms with E-state index in [1.807, 2.05) is 121 Å². The molecule has 0 aliphatic carbocycles. The number of anilines is 2. The highest BCUT2D eigenvalue weighted by atomic mass is 16.5. The van der Waals surface area contributed by atoms with E-state index in [9.17, 15) is 9.59 Å². The Bertz CT molecular complexity index is 1830. The number of carbonyl (C=O) groups is 2. The van der Waals surface area contributed by atoms with Crippen LogP contribution >= 0.6 is 0 Å². The van der Waals surface area contributed by atoms with Gasteiger partial charge >= 0.3 is 0 Å². The van der Waals surface area contributed by atoms with Gasteiger partial charge in [0, 0.05) is 17.3 Å². The van der Waals surface area contributed by atoms with Crippen molar-refractivity contribution in [2.45, 2.75) is 52.6 Å². The van der Waals surface area contributed by atoms with Crippen LogP contribution in [0.2, 0.25) is 0 Å². The lowest BCUT2D eigenvalue weighted by Crippen LogP contribution is -2.49. The van der Waals surface area contributed by atoms with E-state index in [1.165, 1.54) is 5.56 Å². The molecule has 1 aliphatic rings. The molecule has 0 aromatic heterocycles. The molecule has 2 atom stereocenters. The minimum absolute atomic E-state index is 0.0254. The maximum absolute atomic E-state index is 14.3. The summed E-state index contributed by atoms with van der Waals surface area (Å²) in [6.45, 7) is 8.14. The topological polar surface area (TPSA) is 49.9 Å². The standard InChI is InChI=1S/C39H38N2O3/c1-5-29-17-19-31(20-18-29)39(43)40-28(4)23-36(34-15-10-12-27(3)38(34)40)41(35-16-9-6-11-26(35)2)37(42)25-44-33-22-21-30-13-7-8-14-32(30)24-33/h6-22,24,28,36H,5,23,25H2,1-4H3/t28-,36-/m1/s1. The number of benzene rings is 5. The zero-order chi connectivity index (χ0) is 30.8. The molecule has 2 amide bonds. The molecule has 6 rings (SSSR count). The van der Waals surface area contributed by atoms with Gasteiger partial charge in [-0.2, -0.15) is 0 Å². The molecule has 5 heteroatoms. The van der Waals surface area contributed by atoms with Gasteiger partial charge in [-0.15, -0.1) is 0 Å². The number of hydrogen-bond acceptors (Lipinski definition) is 3. The lowest BCUT2D eigenvalue weighted by molar-refractivity contribution is -0.121. The first-order chi connectivity index (χ1) is 21.4. The second-order valence-corrected chi connectivity index (χ2v) is 11.7. The van der Waals surface area contributed by atoms with Gasteiger partial charge in [0.15, 0.2) is 6.61 Å². The van der Waals surface area contributed by atoms with E-state index in [0.717, 1.165) is 45.3 Å². The van der Waals surface area contributed by atoms with E-state index in [4.69, 9.17) is 4.74 Å². The Morgan fingerprint density at radius 2 is 1.52 bits per heavy atom. The van der Waals surface area contributed by atoms with Crippen LogP contribution in [0, 0.1) is 13.8 Å². The molecule has 0 N–H and O–H groups in total. The molecule has 1 aliphatic heterocycles. The fourth-order valence-corrected chi connectivity index (χ4v) is 6.41. The van der Waals surface area contributed by atoms with Crippen LogP contribution in [0.15, 0.2) is 109 Å². The third-order valence-corrected chi connectivity index (χ3v) is 8.74. The molecule has 0 saturated heterocycles. The van der Waals surface area contributed by atoms with Crippen LogP contribution in [0.25, 0.3) is 10.8 Å². The van der Waals surface area contributed by atoms with Crippen LogP contribution in [0.5, 0.6) is 5.75 Å². The summed E-state index contributed by atoms with van der Waals surface area (Å²) in [7, 11) is 0. The van der Waals surface area contributed by atoms with E-state index in [1.54, 1.807) is 0 Å². The molecule has 1 heterocycles. The van der Waals surface area contributed by atoms with Crippen LogP contribution in [0.3, 0.4) is 0 Å². The number of aryl methyl sites for hydroxylation is 3. The highest BCUT2D eigenvalue weighted by Crippen LogP contribution is 2.45. The van der Waals surface area contributed by atoms with Crippen molar-refractivity contribution >= 4 is 34.0 Å². The molecule has 0 spiro atoms. The number of amides is 2. The number of hydrogen-bond donors (Lipinski definition) is 0. The quantitative estimate of drug-likeness (QED) is 0.193. The first kappa shape index (κ1) is 29.2. The van der Waals surface area contributed by atoms with Gasteiger partial charge in [0.2, 0.25) is 0 Å². The largest absolute Gasteiger partial charge is 0.484 e. The Hall–Kier alpha value is -4.90. The van der Waals surface area contributed by atoms with Gasteiger partial charge < -0.3 is 14.5 Å². The number of para-hydroxylation sites is 2. The molecule has 5 aromatic carbocycles. The lowest BCUT2D eigenvalue weighted by atomic mass is 9.87. The molecule has 222 valence electrons. The molecular weight excluding hydrogens is 544 g/mol. The summed E-state index contributed by atoms with van der Waals surface area (Å²) >= 11 is 0. The Balaban J connectivity index is 1.37. The SMILES string of the molecule is CCc1ccc(C(=O)N2c3c(C)cccc3[C@H](N(C(=O)COc3ccc4ccccc4c3)c3ccccc3C)C[C@H]2C)cc1. The number of ether oxygens (including phenoxy) is 1. The lowest BCUT2D eigenvalue weighted by Gasteiger charge is -2.44. The molecule has 5 nitrogen and oxygen atoms in total. The Morgan fingerprint density at radius 1 is 0.818 bits per heavy atom. The first-order valence-electron chi connectivity index (χ1n) is 15.4. The van der Waals surface area contributed by atoms with E-state index in [2.05, 4.69) is 26.0 Å². The molecule has 0 bridgehead atoms. The maximum atomic E-state index is 14.3. The summed E-state index contributed by atoms with van der Waals surface area (Å²) in [6.07, 6.45) is 1.51. The third-order valence-electron chi connectivity index (χ3n) is 8.74. The summed E-state index contributed by atoms with van der Waals surface area (Å²) < 4.78 is 6.13. The summed E-state index contributed by atoms with van der Waals surface area (Å²) in [5.41, 5.74) is 6.55. The molecule has 0 saturated carbocycles. The van der Waals surface area contributed by atoms with Gasteiger partial charge in [0.05, 0.1) is 11.7 Å². The predicted octanol–water partition coefficient (Wildman–Crippen LogP) is 8.61.